The topological polar surface area (TPSA) is 77.1 Å². The number of hydrogen-bond acceptors (Lipinski definition) is 4. The molecule has 7 heteroatoms. The maximum absolute atomic E-state index is 12.5. The number of halogens is 1. The number of amides is 1. The molecule has 118 valence electrons. The first kappa shape index (κ1) is 15.3. The standard InChI is InChI=1S/C16H14ClN3O3/c1-2-20-13-6-5-10(17)8-12(13)15(21)14(19-20)16(22)18-9-11-4-3-7-23-11/h3-8H,2,9H2,1H3,(H,18,22). The van der Waals surface area contributed by atoms with Crippen LogP contribution in [0.5, 0.6) is 0 Å². The summed E-state index contributed by atoms with van der Waals surface area (Å²) in [7, 11) is 0. The first-order chi connectivity index (χ1) is 11.1. The van der Waals surface area contributed by atoms with Crippen molar-refractivity contribution in [3.63, 3.8) is 0 Å². The van der Waals surface area contributed by atoms with Crippen molar-refractivity contribution in [1.82, 2.24) is 15.1 Å². The Balaban J connectivity index is 2.01. The fourth-order valence-corrected chi connectivity index (χ4v) is 2.49. The Morgan fingerprint density at radius 2 is 2.22 bits per heavy atom. The molecule has 0 unspecified atom stereocenters. The third-order valence-corrected chi connectivity index (χ3v) is 3.67. The Bertz CT molecular complexity index is 916. The van der Waals surface area contributed by atoms with Crippen LogP contribution < -0.4 is 10.7 Å². The average molecular weight is 332 g/mol. The highest BCUT2D eigenvalue weighted by atomic mass is 35.5. The smallest absolute Gasteiger partial charge is 0.276 e. The summed E-state index contributed by atoms with van der Waals surface area (Å²) in [5, 5.41) is 7.61. The SMILES string of the molecule is CCn1nc(C(=O)NCc2ccco2)c(=O)c2cc(Cl)ccc21. The lowest BCUT2D eigenvalue weighted by atomic mass is 10.2. The fraction of sp³-hybridized carbons (Fsp3) is 0.188. The second-order valence-corrected chi connectivity index (χ2v) is 5.35. The van der Waals surface area contributed by atoms with Crippen molar-refractivity contribution in [3.8, 4) is 0 Å². The second-order valence-electron chi connectivity index (χ2n) is 4.92. The number of carbonyl (C=O) groups is 1. The maximum Gasteiger partial charge on any atom is 0.276 e. The van der Waals surface area contributed by atoms with Crippen LogP contribution >= 0.6 is 11.6 Å². The van der Waals surface area contributed by atoms with Gasteiger partial charge >= 0.3 is 0 Å². The number of aryl methyl sites for hydroxylation is 1. The summed E-state index contributed by atoms with van der Waals surface area (Å²) in [6, 6.07) is 8.42. The summed E-state index contributed by atoms with van der Waals surface area (Å²) < 4.78 is 6.75. The molecular formula is C16H14ClN3O3. The van der Waals surface area contributed by atoms with Gasteiger partial charge in [-0.05, 0) is 37.3 Å². The molecule has 0 fully saturated rings. The molecule has 0 aliphatic carbocycles. The molecular weight excluding hydrogens is 318 g/mol. The number of carbonyl (C=O) groups excluding carboxylic acids is 1. The molecule has 0 radical (unpaired) electrons. The van der Waals surface area contributed by atoms with Gasteiger partial charge in [0.05, 0.1) is 23.7 Å². The van der Waals surface area contributed by atoms with E-state index >= 15 is 0 Å². The van der Waals surface area contributed by atoms with E-state index in [-0.39, 0.29) is 12.2 Å². The third-order valence-electron chi connectivity index (χ3n) is 3.43. The largest absolute Gasteiger partial charge is 0.467 e. The minimum Gasteiger partial charge on any atom is -0.467 e. The molecule has 6 nitrogen and oxygen atoms in total. The van der Waals surface area contributed by atoms with Gasteiger partial charge in [0.2, 0.25) is 5.43 Å². The predicted octanol–water partition coefficient (Wildman–Crippen LogP) is 2.59. The van der Waals surface area contributed by atoms with Crippen LogP contribution in [-0.2, 0) is 13.1 Å². The van der Waals surface area contributed by atoms with E-state index in [9.17, 15) is 9.59 Å². The minimum atomic E-state index is -0.546. The summed E-state index contributed by atoms with van der Waals surface area (Å²) in [6.45, 7) is 2.60. The van der Waals surface area contributed by atoms with Gasteiger partial charge in [0.1, 0.15) is 5.76 Å². The molecule has 0 aliphatic heterocycles. The third kappa shape index (κ3) is 2.98. The van der Waals surface area contributed by atoms with Crippen molar-refractivity contribution in [1.29, 1.82) is 0 Å². The number of aromatic nitrogens is 2. The maximum atomic E-state index is 12.5. The highest BCUT2D eigenvalue weighted by Gasteiger charge is 2.17. The number of furan rings is 1. The first-order valence-electron chi connectivity index (χ1n) is 7.11. The minimum absolute atomic E-state index is 0.159. The molecule has 0 aliphatic rings. The predicted molar refractivity (Wildman–Crippen MR) is 86.6 cm³/mol. The Labute approximate surface area is 136 Å². The molecule has 0 saturated carbocycles. The van der Waals surface area contributed by atoms with Crippen molar-refractivity contribution in [2.24, 2.45) is 0 Å². The molecule has 0 atom stereocenters. The fourth-order valence-electron chi connectivity index (χ4n) is 2.32. The molecule has 3 rings (SSSR count). The van der Waals surface area contributed by atoms with Gasteiger partial charge in [-0.1, -0.05) is 11.6 Å². The van der Waals surface area contributed by atoms with Crippen molar-refractivity contribution in [2.75, 3.05) is 0 Å². The van der Waals surface area contributed by atoms with Crippen molar-refractivity contribution in [3.05, 3.63) is 63.3 Å². The van der Waals surface area contributed by atoms with Gasteiger partial charge in [0.15, 0.2) is 5.69 Å². The lowest BCUT2D eigenvalue weighted by Gasteiger charge is -2.10. The Kier molecular flexibility index (Phi) is 4.16. The molecule has 2 aromatic heterocycles. The van der Waals surface area contributed by atoms with Gasteiger partial charge in [-0.15, -0.1) is 0 Å². The number of rotatable bonds is 4. The van der Waals surface area contributed by atoms with Crippen LogP contribution in [0.25, 0.3) is 10.9 Å². The molecule has 23 heavy (non-hydrogen) atoms. The van der Waals surface area contributed by atoms with Crippen molar-refractivity contribution < 1.29 is 9.21 Å². The van der Waals surface area contributed by atoms with Crippen molar-refractivity contribution >= 4 is 28.4 Å². The monoisotopic (exact) mass is 331 g/mol. The summed E-state index contributed by atoms with van der Waals surface area (Å²) in [4.78, 5) is 24.8. The molecule has 1 amide bonds. The van der Waals surface area contributed by atoms with Crippen LogP contribution in [0.1, 0.15) is 23.2 Å². The summed E-state index contributed by atoms with van der Waals surface area (Å²) in [5.41, 5.74) is 0.0433. The van der Waals surface area contributed by atoms with E-state index < -0.39 is 11.3 Å². The van der Waals surface area contributed by atoms with E-state index in [0.29, 0.717) is 28.2 Å². The molecule has 1 N–H and O–H groups in total. The quantitative estimate of drug-likeness (QED) is 0.797. The van der Waals surface area contributed by atoms with Gasteiger partial charge < -0.3 is 9.73 Å². The van der Waals surface area contributed by atoms with Gasteiger partial charge in [-0.3, -0.25) is 14.3 Å². The zero-order valence-electron chi connectivity index (χ0n) is 12.4. The highest BCUT2D eigenvalue weighted by molar-refractivity contribution is 6.31. The highest BCUT2D eigenvalue weighted by Crippen LogP contribution is 2.16. The molecule has 3 aromatic rings. The van der Waals surface area contributed by atoms with E-state index in [1.165, 1.54) is 6.26 Å². The Morgan fingerprint density at radius 1 is 1.39 bits per heavy atom. The zero-order valence-corrected chi connectivity index (χ0v) is 13.1. The summed E-state index contributed by atoms with van der Waals surface area (Å²) >= 11 is 5.97. The van der Waals surface area contributed by atoms with E-state index in [1.54, 1.807) is 35.0 Å². The molecule has 0 bridgehead atoms. The second kappa shape index (κ2) is 6.26. The lowest BCUT2D eigenvalue weighted by molar-refractivity contribution is 0.0940. The van der Waals surface area contributed by atoms with Gasteiger partial charge in [-0.25, -0.2) is 0 Å². The van der Waals surface area contributed by atoms with E-state index in [4.69, 9.17) is 16.0 Å². The summed E-state index contributed by atoms with van der Waals surface area (Å²) in [6.07, 6.45) is 1.52. The first-order valence-corrected chi connectivity index (χ1v) is 7.49. The molecule has 1 aromatic carbocycles. The van der Waals surface area contributed by atoms with E-state index in [1.807, 2.05) is 6.92 Å². The van der Waals surface area contributed by atoms with Gasteiger partial charge in [0.25, 0.3) is 5.91 Å². The molecule has 2 heterocycles. The Morgan fingerprint density at radius 3 is 2.91 bits per heavy atom. The average Bonchev–Trinajstić information content (AvgIpc) is 3.07. The van der Waals surface area contributed by atoms with Crippen LogP contribution in [0, 0.1) is 0 Å². The number of benzene rings is 1. The van der Waals surface area contributed by atoms with E-state index in [0.717, 1.165) is 0 Å². The molecule has 0 saturated heterocycles. The van der Waals surface area contributed by atoms with Crippen molar-refractivity contribution in [2.45, 2.75) is 20.0 Å². The van der Waals surface area contributed by atoms with Crippen LogP contribution in [-0.4, -0.2) is 15.7 Å². The molecule has 0 spiro atoms. The number of nitrogens with one attached hydrogen (secondary N) is 1. The summed E-state index contributed by atoms with van der Waals surface area (Å²) in [5.74, 6) is 0.0495. The number of hydrogen-bond donors (Lipinski definition) is 1. The van der Waals surface area contributed by atoms with Crippen LogP contribution in [0.4, 0.5) is 0 Å². The number of nitrogens with zero attached hydrogens (tertiary/aromatic N) is 2. The zero-order chi connectivity index (χ0) is 16.4. The lowest BCUT2D eigenvalue weighted by Crippen LogP contribution is -2.31. The normalized spacial score (nSPS) is 10.9. The van der Waals surface area contributed by atoms with Crippen LogP contribution in [0.3, 0.4) is 0 Å². The Hall–Kier alpha value is -2.60. The number of fused-ring (bicyclic) bond motifs is 1. The van der Waals surface area contributed by atoms with Gasteiger partial charge in [-0.2, -0.15) is 5.10 Å². The van der Waals surface area contributed by atoms with Gasteiger partial charge in [0, 0.05) is 11.6 Å². The van der Waals surface area contributed by atoms with E-state index in [2.05, 4.69) is 10.4 Å². The van der Waals surface area contributed by atoms with Crippen LogP contribution in [0.2, 0.25) is 5.02 Å². The van der Waals surface area contributed by atoms with Crippen LogP contribution in [0.15, 0.2) is 45.8 Å².